The van der Waals surface area contributed by atoms with Crippen molar-refractivity contribution < 1.29 is 13.9 Å². The summed E-state index contributed by atoms with van der Waals surface area (Å²) in [7, 11) is 0. The molecule has 1 fully saturated rings. The molecule has 0 spiro atoms. The first-order valence-corrected chi connectivity index (χ1v) is 10.0. The number of hydrogen-bond acceptors (Lipinski definition) is 4. The number of halogens is 1. The summed E-state index contributed by atoms with van der Waals surface area (Å²) < 4.78 is 20.1. The second-order valence-electron chi connectivity index (χ2n) is 6.71. The first-order chi connectivity index (χ1) is 13.1. The van der Waals surface area contributed by atoms with Crippen molar-refractivity contribution in [3.05, 3.63) is 59.4 Å². The van der Waals surface area contributed by atoms with E-state index in [1.54, 1.807) is 4.90 Å². The largest absolute Gasteiger partial charge is 0.376 e. The molecule has 27 heavy (non-hydrogen) atoms. The van der Waals surface area contributed by atoms with E-state index in [-0.39, 0.29) is 17.8 Å². The fourth-order valence-corrected chi connectivity index (χ4v) is 4.32. The number of carbonyl (C=O) groups is 1. The van der Waals surface area contributed by atoms with Gasteiger partial charge < -0.3 is 4.74 Å². The van der Waals surface area contributed by atoms with Gasteiger partial charge in [-0.3, -0.25) is 9.69 Å². The number of thiazole rings is 1. The highest BCUT2D eigenvalue weighted by atomic mass is 32.1. The van der Waals surface area contributed by atoms with Crippen LogP contribution in [0.3, 0.4) is 0 Å². The molecule has 0 N–H and O–H groups in total. The predicted molar refractivity (Wildman–Crippen MR) is 106 cm³/mol. The molecule has 3 aromatic rings. The van der Waals surface area contributed by atoms with Gasteiger partial charge in [-0.15, -0.1) is 0 Å². The number of hydrogen-bond donors (Lipinski definition) is 0. The summed E-state index contributed by atoms with van der Waals surface area (Å²) in [5.74, 6) is -0.537. The first kappa shape index (κ1) is 18.1. The van der Waals surface area contributed by atoms with Gasteiger partial charge in [0.05, 0.1) is 22.9 Å². The molecule has 6 heteroatoms. The molecular weight excluding hydrogens is 363 g/mol. The summed E-state index contributed by atoms with van der Waals surface area (Å²) in [5, 5.41) is 0.656. The van der Waals surface area contributed by atoms with Crippen molar-refractivity contribution in [3.63, 3.8) is 0 Å². The third-order valence-corrected chi connectivity index (χ3v) is 5.87. The second kappa shape index (κ2) is 7.74. The Kier molecular flexibility index (Phi) is 5.18. The zero-order valence-electron chi connectivity index (χ0n) is 15.2. The lowest BCUT2D eigenvalue weighted by atomic mass is 10.1. The van der Waals surface area contributed by atoms with E-state index in [4.69, 9.17) is 4.74 Å². The summed E-state index contributed by atoms with van der Waals surface area (Å²) in [6.07, 6.45) is 2.89. The minimum atomic E-state index is -0.357. The zero-order valence-corrected chi connectivity index (χ0v) is 16.0. The van der Waals surface area contributed by atoms with Crippen LogP contribution in [0.25, 0.3) is 10.2 Å². The molecule has 0 radical (unpaired) electrons. The van der Waals surface area contributed by atoms with Gasteiger partial charge >= 0.3 is 0 Å². The van der Waals surface area contributed by atoms with E-state index in [0.717, 1.165) is 36.1 Å². The molecular formula is C21H21FN2O2S. The topological polar surface area (TPSA) is 42.4 Å². The van der Waals surface area contributed by atoms with Crippen LogP contribution < -0.4 is 4.90 Å². The van der Waals surface area contributed by atoms with E-state index in [1.165, 1.54) is 41.2 Å². The Hall–Kier alpha value is -2.31. The number of ether oxygens (including phenoxy) is 1. The molecule has 0 saturated carbocycles. The van der Waals surface area contributed by atoms with Crippen molar-refractivity contribution in [2.75, 3.05) is 18.1 Å². The Morgan fingerprint density at radius 1 is 1.30 bits per heavy atom. The van der Waals surface area contributed by atoms with Crippen LogP contribution >= 0.6 is 11.3 Å². The molecule has 1 unspecified atom stereocenters. The van der Waals surface area contributed by atoms with Gasteiger partial charge in [0, 0.05) is 12.2 Å². The number of aromatic nitrogens is 1. The van der Waals surface area contributed by atoms with Crippen LogP contribution in [0.5, 0.6) is 0 Å². The number of rotatable bonds is 5. The maximum atomic E-state index is 13.3. The second-order valence-corrected chi connectivity index (χ2v) is 7.72. The molecule has 1 aliphatic heterocycles. The molecule has 1 atom stereocenters. The molecule has 0 aliphatic carbocycles. The Bertz CT molecular complexity index is 948. The maximum absolute atomic E-state index is 13.3. The number of amides is 1. The number of nitrogens with zero attached hydrogens (tertiary/aromatic N) is 2. The summed E-state index contributed by atoms with van der Waals surface area (Å²) in [5.41, 5.74) is 2.58. The quantitative estimate of drug-likeness (QED) is 0.633. The molecule has 0 bridgehead atoms. The minimum absolute atomic E-state index is 0.00705. The summed E-state index contributed by atoms with van der Waals surface area (Å²) in [6.45, 7) is 3.30. The minimum Gasteiger partial charge on any atom is -0.376 e. The van der Waals surface area contributed by atoms with E-state index in [0.29, 0.717) is 17.2 Å². The third kappa shape index (κ3) is 3.87. The van der Waals surface area contributed by atoms with Gasteiger partial charge in [0.1, 0.15) is 5.82 Å². The Labute approximate surface area is 161 Å². The predicted octanol–water partition coefficient (Wildman–Crippen LogP) is 4.82. The molecule has 1 saturated heterocycles. The lowest BCUT2D eigenvalue weighted by molar-refractivity contribution is 0.0917. The molecule has 4 nitrogen and oxygen atoms in total. The van der Waals surface area contributed by atoms with Gasteiger partial charge in [-0.1, -0.05) is 24.3 Å². The average Bonchev–Trinajstić information content (AvgIpc) is 3.34. The smallest absolute Gasteiger partial charge is 0.260 e. The Morgan fingerprint density at radius 3 is 2.81 bits per heavy atom. The first-order valence-electron chi connectivity index (χ1n) is 9.22. The van der Waals surface area contributed by atoms with Crippen molar-refractivity contribution in [3.8, 4) is 0 Å². The molecule has 1 amide bonds. The van der Waals surface area contributed by atoms with E-state index >= 15 is 0 Å². The lowest BCUT2D eigenvalue weighted by Crippen LogP contribution is -2.37. The molecule has 140 valence electrons. The molecule has 2 heterocycles. The normalized spacial score (nSPS) is 16.7. The fourth-order valence-electron chi connectivity index (χ4n) is 3.28. The highest BCUT2D eigenvalue weighted by Crippen LogP contribution is 2.31. The van der Waals surface area contributed by atoms with E-state index in [9.17, 15) is 9.18 Å². The van der Waals surface area contributed by atoms with Gasteiger partial charge in [0.25, 0.3) is 5.91 Å². The van der Waals surface area contributed by atoms with Crippen LogP contribution in [-0.2, 0) is 11.2 Å². The highest BCUT2D eigenvalue weighted by Gasteiger charge is 2.27. The monoisotopic (exact) mass is 384 g/mol. The number of fused-ring (bicyclic) bond motifs is 1. The molecule has 4 rings (SSSR count). The zero-order chi connectivity index (χ0) is 18.8. The van der Waals surface area contributed by atoms with Crippen LogP contribution in [0.4, 0.5) is 9.52 Å². The number of benzene rings is 2. The van der Waals surface area contributed by atoms with Crippen LogP contribution in [0.2, 0.25) is 0 Å². The molecule has 2 aromatic carbocycles. The lowest BCUT2D eigenvalue weighted by Gasteiger charge is -2.23. The SMILES string of the molecule is CCc1ccc2nc(N(CC3CCCO3)C(=O)c3ccc(F)cc3)sc2c1. The van der Waals surface area contributed by atoms with Crippen LogP contribution in [0.1, 0.15) is 35.7 Å². The summed E-state index contributed by atoms with van der Waals surface area (Å²) in [6, 6.07) is 11.8. The summed E-state index contributed by atoms with van der Waals surface area (Å²) >= 11 is 1.51. The Balaban J connectivity index is 1.70. The van der Waals surface area contributed by atoms with Gasteiger partial charge in [0.15, 0.2) is 5.13 Å². The molecule has 1 aromatic heterocycles. The molecule has 1 aliphatic rings. The standard InChI is InChI=1S/C21H21FN2O2S/c1-2-14-5-10-18-19(12-14)27-21(23-18)24(13-17-4-3-11-26-17)20(25)15-6-8-16(22)9-7-15/h5-10,12,17H,2-4,11,13H2,1H3. The van der Waals surface area contributed by atoms with Crippen molar-refractivity contribution in [2.45, 2.75) is 32.3 Å². The fraction of sp³-hybridized carbons (Fsp3) is 0.333. The van der Waals surface area contributed by atoms with Crippen LogP contribution in [-0.4, -0.2) is 30.1 Å². The van der Waals surface area contributed by atoms with Gasteiger partial charge in [-0.2, -0.15) is 0 Å². The Morgan fingerprint density at radius 2 is 2.11 bits per heavy atom. The average molecular weight is 384 g/mol. The van der Waals surface area contributed by atoms with Gasteiger partial charge in [0.2, 0.25) is 0 Å². The van der Waals surface area contributed by atoms with Crippen molar-refractivity contribution in [2.24, 2.45) is 0 Å². The van der Waals surface area contributed by atoms with Crippen molar-refractivity contribution >= 4 is 32.6 Å². The highest BCUT2D eigenvalue weighted by molar-refractivity contribution is 7.22. The van der Waals surface area contributed by atoms with Gasteiger partial charge in [-0.05, 0) is 61.2 Å². The summed E-state index contributed by atoms with van der Waals surface area (Å²) in [4.78, 5) is 19.5. The van der Waals surface area contributed by atoms with Crippen LogP contribution in [0.15, 0.2) is 42.5 Å². The number of aryl methyl sites for hydroxylation is 1. The number of anilines is 1. The van der Waals surface area contributed by atoms with Crippen molar-refractivity contribution in [1.29, 1.82) is 0 Å². The third-order valence-electron chi connectivity index (χ3n) is 4.83. The van der Waals surface area contributed by atoms with E-state index in [1.807, 2.05) is 6.07 Å². The number of carbonyl (C=O) groups excluding carboxylic acids is 1. The van der Waals surface area contributed by atoms with E-state index in [2.05, 4.69) is 24.0 Å². The van der Waals surface area contributed by atoms with Crippen LogP contribution in [0, 0.1) is 5.82 Å². The van der Waals surface area contributed by atoms with Gasteiger partial charge in [-0.25, -0.2) is 9.37 Å². The maximum Gasteiger partial charge on any atom is 0.260 e. The van der Waals surface area contributed by atoms with E-state index < -0.39 is 0 Å². The van der Waals surface area contributed by atoms with Crippen molar-refractivity contribution in [1.82, 2.24) is 4.98 Å².